The molecule has 1 aromatic rings. The molecular weight excluding hydrogens is 254 g/mol. The zero-order valence-electron chi connectivity index (χ0n) is 11.6. The molecule has 2 saturated heterocycles. The summed E-state index contributed by atoms with van der Waals surface area (Å²) in [5.74, 6) is 0.0534. The number of aromatic nitrogens is 1. The van der Waals surface area contributed by atoms with E-state index < -0.39 is 0 Å². The summed E-state index contributed by atoms with van der Waals surface area (Å²) < 4.78 is 5.56. The molecule has 20 heavy (non-hydrogen) atoms. The molecule has 0 aromatic carbocycles. The van der Waals surface area contributed by atoms with E-state index in [4.69, 9.17) is 4.74 Å². The normalized spacial score (nSPS) is 26.8. The number of nitrogens with one attached hydrogen (secondary N) is 1. The maximum Gasteiger partial charge on any atom is 0.224 e. The topological polar surface area (TPSA) is 54.5 Å². The molecule has 5 heteroatoms. The molecule has 1 aromatic heterocycles. The van der Waals surface area contributed by atoms with Crippen molar-refractivity contribution >= 4 is 5.91 Å². The number of carbonyl (C=O) groups is 1. The van der Waals surface area contributed by atoms with Crippen LogP contribution in [0.2, 0.25) is 0 Å². The van der Waals surface area contributed by atoms with Crippen LogP contribution in [0.4, 0.5) is 0 Å². The molecular formula is C15H21N3O2. The van der Waals surface area contributed by atoms with Crippen LogP contribution >= 0.6 is 0 Å². The van der Waals surface area contributed by atoms with Crippen LogP contribution in [0.15, 0.2) is 24.5 Å². The van der Waals surface area contributed by atoms with Crippen LogP contribution < -0.4 is 5.32 Å². The van der Waals surface area contributed by atoms with E-state index >= 15 is 0 Å². The molecule has 1 N–H and O–H groups in total. The van der Waals surface area contributed by atoms with Crippen molar-refractivity contribution in [2.45, 2.75) is 31.3 Å². The lowest BCUT2D eigenvalue weighted by molar-refractivity contribution is -0.121. The van der Waals surface area contributed by atoms with Gasteiger partial charge in [-0.05, 0) is 37.6 Å². The Kier molecular flexibility index (Phi) is 4.28. The summed E-state index contributed by atoms with van der Waals surface area (Å²) in [5.41, 5.74) is 0.946. The number of ether oxygens (including phenoxy) is 1. The zero-order valence-corrected chi connectivity index (χ0v) is 11.6. The quantitative estimate of drug-likeness (QED) is 0.874. The van der Waals surface area contributed by atoms with Gasteiger partial charge in [-0.3, -0.25) is 14.7 Å². The summed E-state index contributed by atoms with van der Waals surface area (Å²) in [5, 5.41) is 3.12. The van der Waals surface area contributed by atoms with Crippen LogP contribution in [0.5, 0.6) is 0 Å². The van der Waals surface area contributed by atoms with Crippen LogP contribution in [0.3, 0.4) is 0 Å². The molecule has 3 rings (SSSR count). The molecule has 3 heterocycles. The molecule has 2 fully saturated rings. The summed E-state index contributed by atoms with van der Waals surface area (Å²) in [4.78, 5) is 18.6. The first-order valence-electron chi connectivity index (χ1n) is 7.33. The predicted octanol–water partition coefficient (Wildman–Crippen LogP) is 0.603. The fourth-order valence-corrected chi connectivity index (χ4v) is 3.06. The molecule has 2 aliphatic heterocycles. The number of nitrogens with zero attached hydrogens (tertiary/aromatic N) is 2. The van der Waals surface area contributed by atoms with Gasteiger partial charge in [0.1, 0.15) is 0 Å². The Hall–Kier alpha value is -1.46. The number of rotatable bonds is 4. The fourth-order valence-electron chi connectivity index (χ4n) is 3.06. The number of hydrogen-bond acceptors (Lipinski definition) is 4. The van der Waals surface area contributed by atoms with Gasteiger partial charge in [0.15, 0.2) is 0 Å². The minimum absolute atomic E-state index is 0.0534. The second kappa shape index (κ2) is 6.33. The van der Waals surface area contributed by atoms with Crippen molar-refractivity contribution in [2.24, 2.45) is 0 Å². The fraction of sp³-hybridized carbons (Fsp3) is 0.600. The van der Waals surface area contributed by atoms with Gasteiger partial charge in [0.2, 0.25) is 5.91 Å². The SMILES string of the molecule is O=C(Cc1cccnc1)N[C@@H]1COC[C@H]1N1CCCC1. The van der Waals surface area contributed by atoms with Crippen molar-refractivity contribution < 1.29 is 9.53 Å². The predicted molar refractivity (Wildman–Crippen MR) is 75.3 cm³/mol. The molecule has 0 aliphatic carbocycles. The van der Waals surface area contributed by atoms with Gasteiger partial charge < -0.3 is 10.1 Å². The van der Waals surface area contributed by atoms with Crippen molar-refractivity contribution in [2.75, 3.05) is 26.3 Å². The van der Waals surface area contributed by atoms with Crippen LogP contribution in [-0.4, -0.2) is 54.2 Å². The molecule has 5 nitrogen and oxygen atoms in total. The molecule has 0 radical (unpaired) electrons. The summed E-state index contributed by atoms with van der Waals surface area (Å²) in [6.45, 7) is 3.61. The smallest absolute Gasteiger partial charge is 0.224 e. The molecule has 2 aliphatic rings. The Labute approximate surface area is 119 Å². The highest BCUT2D eigenvalue weighted by atomic mass is 16.5. The Bertz CT molecular complexity index is 446. The Morgan fingerprint density at radius 1 is 1.40 bits per heavy atom. The van der Waals surface area contributed by atoms with Gasteiger partial charge in [0.25, 0.3) is 0 Å². The van der Waals surface area contributed by atoms with Crippen molar-refractivity contribution in [1.82, 2.24) is 15.2 Å². The summed E-state index contributed by atoms with van der Waals surface area (Å²) in [7, 11) is 0. The van der Waals surface area contributed by atoms with Gasteiger partial charge >= 0.3 is 0 Å². The number of carbonyl (C=O) groups excluding carboxylic acids is 1. The average Bonchev–Trinajstić information content (AvgIpc) is 3.10. The third-order valence-electron chi connectivity index (χ3n) is 4.09. The van der Waals surface area contributed by atoms with Crippen molar-refractivity contribution in [3.63, 3.8) is 0 Å². The van der Waals surface area contributed by atoms with E-state index in [9.17, 15) is 4.79 Å². The minimum Gasteiger partial charge on any atom is -0.378 e. The van der Waals surface area contributed by atoms with Crippen molar-refractivity contribution in [3.8, 4) is 0 Å². The standard InChI is InChI=1S/C15H21N3O2/c19-15(8-12-4-3-5-16-9-12)17-13-10-20-11-14(13)18-6-1-2-7-18/h3-5,9,13-14H,1-2,6-8,10-11H2,(H,17,19)/t13-,14-/m1/s1. The van der Waals surface area contributed by atoms with Crippen LogP contribution in [0.25, 0.3) is 0 Å². The number of likely N-dealkylation sites (tertiary alicyclic amines) is 1. The number of hydrogen-bond donors (Lipinski definition) is 1. The zero-order chi connectivity index (χ0) is 13.8. The summed E-state index contributed by atoms with van der Waals surface area (Å²) in [6, 6.07) is 4.25. The molecule has 108 valence electrons. The van der Waals surface area contributed by atoms with E-state index in [-0.39, 0.29) is 11.9 Å². The third-order valence-corrected chi connectivity index (χ3v) is 4.09. The Morgan fingerprint density at radius 2 is 2.25 bits per heavy atom. The molecule has 2 atom stereocenters. The first-order chi connectivity index (χ1) is 9.83. The van der Waals surface area contributed by atoms with Gasteiger partial charge in [-0.25, -0.2) is 0 Å². The van der Waals surface area contributed by atoms with E-state index in [1.165, 1.54) is 12.8 Å². The third kappa shape index (κ3) is 3.16. The first-order valence-corrected chi connectivity index (χ1v) is 7.33. The van der Waals surface area contributed by atoms with Gasteiger partial charge in [-0.2, -0.15) is 0 Å². The molecule has 1 amide bonds. The average molecular weight is 275 g/mol. The van der Waals surface area contributed by atoms with E-state index in [1.807, 2.05) is 12.1 Å². The second-order valence-corrected chi connectivity index (χ2v) is 5.56. The first kappa shape index (κ1) is 13.5. The second-order valence-electron chi connectivity index (χ2n) is 5.56. The van der Waals surface area contributed by atoms with E-state index in [1.54, 1.807) is 12.4 Å². The van der Waals surface area contributed by atoms with Gasteiger partial charge in [-0.15, -0.1) is 0 Å². The molecule has 0 saturated carbocycles. The maximum absolute atomic E-state index is 12.1. The Morgan fingerprint density at radius 3 is 3.00 bits per heavy atom. The van der Waals surface area contributed by atoms with Crippen molar-refractivity contribution in [1.29, 1.82) is 0 Å². The lowest BCUT2D eigenvalue weighted by Crippen LogP contribution is -2.50. The highest BCUT2D eigenvalue weighted by molar-refractivity contribution is 5.78. The summed E-state index contributed by atoms with van der Waals surface area (Å²) >= 11 is 0. The number of pyridine rings is 1. The molecule has 0 spiro atoms. The highest BCUT2D eigenvalue weighted by Crippen LogP contribution is 2.19. The van der Waals surface area contributed by atoms with Crippen LogP contribution in [0, 0.1) is 0 Å². The lowest BCUT2D eigenvalue weighted by atomic mass is 10.1. The van der Waals surface area contributed by atoms with Gasteiger partial charge in [0, 0.05) is 12.4 Å². The van der Waals surface area contributed by atoms with Crippen molar-refractivity contribution in [3.05, 3.63) is 30.1 Å². The lowest BCUT2D eigenvalue weighted by Gasteiger charge is -2.27. The highest BCUT2D eigenvalue weighted by Gasteiger charge is 2.35. The van der Waals surface area contributed by atoms with E-state index in [0.717, 1.165) is 25.3 Å². The van der Waals surface area contributed by atoms with E-state index in [0.29, 0.717) is 19.1 Å². The van der Waals surface area contributed by atoms with Gasteiger partial charge in [0.05, 0.1) is 31.7 Å². The van der Waals surface area contributed by atoms with Crippen LogP contribution in [-0.2, 0) is 16.0 Å². The largest absolute Gasteiger partial charge is 0.378 e. The minimum atomic E-state index is 0.0534. The van der Waals surface area contributed by atoms with E-state index in [2.05, 4.69) is 15.2 Å². The molecule has 0 unspecified atom stereocenters. The Balaban J connectivity index is 1.55. The van der Waals surface area contributed by atoms with Gasteiger partial charge in [-0.1, -0.05) is 6.07 Å². The monoisotopic (exact) mass is 275 g/mol. The molecule has 0 bridgehead atoms. The maximum atomic E-state index is 12.1. The van der Waals surface area contributed by atoms with Crippen LogP contribution in [0.1, 0.15) is 18.4 Å². The summed E-state index contributed by atoms with van der Waals surface area (Å²) in [6.07, 6.45) is 6.36. The number of amides is 1.